The Bertz CT molecular complexity index is 425. The van der Waals surface area contributed by atoms with E-state index in [1.807, 2.05) is 12.3 Å². The number of nitrogens with zero attached hydrogens (tertiary/aromatic N) is 1. The molecule has 0 aromatic carbocycles. The molecule has 0 aliphatic heterocycles. The van der Waals surface area contributed by atoms with E-state index >= 15 is 0 Å². The van der Waals surface area contributed by atoms with Crippen LogP contribution in [0.3, 0.4) is 0 Å². The minimum absolute atomic E-state index is 0.128. The highest BCUT2D eigenvalue weighted by Crippen LogP contribution is 2.32. The van der Waals surface area contributed by atoms with Crippen LogP contribution in [0.25, 0.3) is 0 Å². The zero-order valence-corrected chi connectivity index (χ0v) is 13.2. The van der Waals surface area contributed by atoms with Crippen LogP contribution in [0.5, 0.6) is 0 Å². The summed E-state index contributed by atoms with van der Waals surface area (Å²) in [5, 5.41) is 13.8. The Hall–Kier alpha value is -1.09. The number of anilines is 1. The Labute approximate surface area is 122 Å². The number of hydrogen-bond donors (Lipinski definition) is 2. The zero-order valence-electron chi connectivity index (χ0n) is 13.2. The lowest BCUT2D eigenvalue weighted by molar-refractivity contribution is 0.00494. The van der Waals surface area contributed by atoms with Crippen LogP contribution in [0.4, 0.5) is 5.82 Å². The van der Waals surface area contributed by atoms with Crippen LogP contribution in [0, 0.1) is 5.92 Å². The van der Waals surface area contributed by atoms with E-state index in [2.05, 4.69) is 44.1 Å². The van der Waals surface area contributed by atoms with Crippen molar-refractivity contribution in [3.05, 3.63) is 23.9 Å². The second kappa shape index (κ2) is 5.72. The maximum atomic E-state index is 10.5. The fourth-order valence-corrected chi connectivity index (χ4v) is 2.67. The Kier molecular flexibility index (Phi) is 4.38. The smallest absolute Gasteiger partial charge is 0.125 e. The monoisotopic (exact) mass is 276 g/mol. The summed E-state index contributed by atoms with van der Waals surface area (Å²) in [6.45, 7) is 9.41. The van der Waals surface area contributed by atoms with Gasteiger partial charge in [-0.15, -0.1) is 0 Å². The molecule has 1 aromatic heterocycles. The number of pyridine rings is 1. The molecule has 0 amide bonds. The first kappa shape index (κ1) is 15.3. The van der Waals surface area contributed by atoms with Crippen LogP contribution in [-0.4, -0.2) is 22.2 Å². The first-order valence-corrected chi connectivity index (χ1v) is 7.71. The molecule has 0 saturated heterocycles. The predicted molar refractivity (Wildman–Crippen MR) is 84.0 cm³/mol. The second-order valence-corrected chi connectivity index (χ2v) is 7.44. The third-order valence-corrected chi connectivity index (χ3v) is 4.43. The van der Waals surface area contributed by atoms with Crippen LogP contribution in [-0.2, 0) is 5.41 Å². The van der Waals surface area contributed by atoms with Gasteiger partial charge in [0.05, 0.1) is 5.60 Å². The Morgan fingerprint density at radius 2 is 1.95 bits per heavy atom. The Morgan fingerprint density at radius 3 is 2.45 bits per heavy atom. The predicted octanol–water partition coefficient (Wildman–Crippen LogP) is 3.73. The minimum Gasteiger partial charge on any atom is -0.388 e. The first-order valence-electron chi connectivity index (χ1n) is 7.71. The molecule has 3 nitrogen and oxygen atoms in total. The third-order valence-electron chi connectivity index (χ3n) is 4.43. The van der Waals surface area contributed by atoms with Crippen molar-refractivity contribution in [2.45, 2.75) is 64.4 Å². The number of nitrogens with one attached hydrogen (secondary N) is 1. The van der Waals surface area contributed by atoms with Gasteiger partial charge in [0.1, 0.15) is 5.82 Å². The van der Waals surface area contributed by atoms with Crippen molar-refractivity contribution in [3.8, 4) is 0 Å². The maximum absolute atomic E-state index is 10.5. The summed E-state index contributed by atoms with van der Waals surface area (Å²) >= 11 is 0. The molecule has 1 heterocycles. The lowest BCUT2D eigenvalue weighted by Gasteiger charge is -2.35. The van der Waals surface area contributed by atoms with Crippen molar-refractivity contribution in [2.24, 2.45) is 5.92 Å². The standard InChI is InChI=1S/C17H28N2O/c1-13-7-9-17(20,10-8-13)12-19-15-6-5-14(11-18-15)16(2,3)4/h5-6,11,13,20H,7-10,12H2,1-4H3,(H,18,19). The van der Waals surface area contributed by atoms with Crippen molar-refractivity contribution in [3.63, 3.8) is 0 Å². The number of aliphatic hydroxyl groups is 1. The van der Waals surface area contributed by atoms with E-state index in [1.165, 1.54) is 5.56 Å². The summed E-state index contributed by atoms with van der Waals surface area (Å²) in [5.74, 6) is 1.60. The van der Waals surface area contributed by atoms with Gasteiger partial charge in [-0.1, -0.05) is 33.8 Å². The molecule has 0 radical (unpaired) electrons. The molecule has 0 spiro atoms. The topological polar surface area (TPSA) is 45.1 Å². The van der Waals surface area contributed by atoms with Crippen LogP contribution in [0.2, 0.25) is 0 Å². The van der Waals surface area contributed by atoms with Crippen LogP contribution in [0.1, 0.15) is 58.9 Å². The average molecular weight is 276 g/mol. The van der Waals surface area contributed by atoms with Crippen LogP contribution < -0.4 is 5.32 Å². The maximum Gasteiger partial charge on any atom is 0.125 e. The second-order valence-electron chi connectivity index (χ2n) is 7.44. The van der Waals surface area contributed by atoms with E-state index in [-0.39, 0.29) is 5.41 Å². The van der Waals surface area contributed by atoms with E-state index in [4.69, 9.17) is 0 Å². The molecule has 2 rings (SSSR count). The molecule has 0 atom stereocenters. The van der Waals surface area contributed by atoms with Crippen molar-refractivity contribution in [2.75, 3.05) is 11.9 Å². The van der Waals surface area contributed by atoms with Gasteiger partial charge in [0.2, 0.25) is 0 Å². The van der Waals surface area contributed by atoms with Gasteiger partial charge in [-0.25, -0.2) is 4.98 Å². The molecular formula is C17H28N2O. The molecule has 1 aromatic rings. The van der Waals surface area contributed by atoms with Gasteiger partial charge < -0.3 is 10.4 Å². The lowest BCUT2D eigenvalue weighted by atomic mass is 9.79. The van der Waals surface area contributed by atoms with E-state index in [0.717, 1.165) is 37.4 Å². The summed E-state index contributed by atoms with van der Waals surface area (Å²) in [6, 6.07) is 4.12. The minimum atomic E-state index is -0.559. The summed E-state index contributed by atoms with van der Waals surface area (Å²) in [7, 11) is 0. The molecular weight excluding hydrogens is 248 g/mol. The molecule has 1 saturated carbocycles. The van der Waals surface area contributed by atoms with Crippen LogP contribution in [0.15, 0.2) is 18.3 Å². The van der Waals surface area contributed by atoms with Gasteiger partial charge >= 0.3 is 0 Å². The largest absolute Gasteiger partial charge is 0.388 e. The molecule has 2 N–H and O–H groups in total. The van der Waals surface area contributed by atoms with Gasteiger partial charge in [0.15, 0.2) is 0 Å². The van der Waals surface area contributed by atoms with E-state index in [9.17, 15) is 5.11 Å². The quantitative estimate of drug-likeness (QED) is 0.884. The normalized spacial score (nSPS) is 27.4. The van der Waals surface area contributed by atoms with Crippen molar-refractivity contribution < 1.29 is 5.11 Å². The highest BCUT2D eigenvalue weighted by molar-refractivity contribution is 5.37. The van der Waals surface area contributed by atoms with Crippen molar-refractivity contribution in [1.82, 2.24) is 4.98 Å². The van der Waals surface area contributed by atoms with Gasteiger partial charge in [0, 0.05) is 12.7 Å². The van der Waals surface area contributed by atoms with Crippen LogP contribution >= 0.6 is 0 Å². The lowest BCUT2D eigenvalue weighted by Crippen LogP contribution is -2.40. The molecule has 20 heavy (non-hydrogen) atoms. The van der Waals surface area contributed by atoms with Gasteiger partial charge in [0.25, 0.3) is 0 Å². The fourth-order valence-electron chi connectivity index (χ4n) is 2.67. The summed E-state index contributed by atoms with van der Waals surface area (Å²) in [5.41, 5.74) is 0.799. The number of aromatic nitrogens is 1. The van der Waals surface area contributed by atoms with E-state index in [0.29, 0.717) is 6.54 Å². The average Bonchev–Trinajstić information content (AvgIpc) is 2.40. The molecule has 1 aliphatic carbocycles. The van der Waals surface area contributed by atoms with E-state index < -0.39 is 5.60 Å². The summed E-state index contributed by atoms with van der Waals surface area (Å²) in [6.07, 6.45) is 5.95. The third kappa shape index (κ3) is 3.95. The molecule has 0 unspecified atom stereocenters. The Morgan fingerprint density at radius 1 is 1.30 bits per heavy atom. The molecule has 3 heteroatoms. The van der Waals surface area contributed by atoms with Crippen molar-refractivity contribution >= 4 is 5.82 Å². The first-order chi connectivity index (χ1) is 9.28. The zero-order chi connectivity index (χ0) is 14.8. The summed E-state index contributed by atoms with van der Waals surface area (Å²) in [4.78, 5) is 4.45. The van der Waals surface area contributed by atoms with Gasteiger partial charge in [-0.05, 0) is 48.6 Å². The molecule has 112 valence electrons. The van der Waals surface area contributed by atoms with Crippen molar-refractivity contribution in [1.29, 1.82) is 0 Å². The van der Waals surface area contributed by atoms with E-state index in [1.54, 1.807) is 0 Å². The molecule has 1 fully saturated rings. The molecule has 1 aliphatic rings. The number of hydrogen-bond acceptors (Lipinski definition) is 3. The highest BCUT2D eigenvalue weighted by Gasteiger charge is 2.31. The number of rotatable bonds is 3. The summed E-state index contributed by atoms with van der Waals surface area (Å²) < 4.78 is 0. The fraction of sp³-hybridized carbons (Fsp3) is 0.706. The van der Waals surface area contributed by atoms with Gasteiger partial charge in [-0.3, -0.25) is 0 Å². The highest BCUT2D eigenvalue weighted by atomic mass is 16.3. The molecule has 0 bridgehead atoms. The van der Waals surface area contributed by atoms with Gasteiger partial charge in [-0.2, -0.15) is 0 Å². The SMILES string of the molecule is CC1CCC(O)(CNc2ccc(C(C)(C)C)cn2)CC1. The Balaban J connectivity index is 1.91.